The number of hydrogen-bond donors (Lipinski definition) is 1. The van der Waals surface area contributed by atoms with Crippen LogP contribution < -0.4 is 10.3 Å². The van der Waals surface area contributed by atoms with Crippen molar-refractivity contribution in [1.82, 2.24) is 5.43 Å². The van der Waals surface area contributed by atoms with Gasteiger partial charge in [-0.25, -0.2) is 5.43 Å². The second kappa shape index (κ2) is 8.31. The van der Waals surface area contributed by atoms with Gasteiger partial charge in [0.1, 0.15) is 0 Å². The predicted molar refractivity (Wildman–Crippen MR) is 125 cm³/mol. The Hall–Kier alpha value is -2.14. The van der Waals surface area contributed by atoms with E-state index in [1.54, 1.807) is 12.3 Å². The van der Waals surface area contributed by atoms with Crippen LogP contribution in [-0.4, -0.2) is 23.7 Å². The van der Waals surface area contributed by atoms with Crippen LogP contribution in [0.1, 0.15) is 74.0 Å². The highest BCUT2D eigenvalue weighted by atomic mass is 79.9. The fourth-order valence-corrected chi connectivity index (χ4v) is 5.06. The fraction of sp³-hybridized carbons (Fsp3) is 0.417. The van der Waals surface area contributed by atoms with Crippen LogP contribution in [0.25, 0.3) is 0 Å². The number of aryl methyl sites for hydroxylation is 1. The van der Waals surface area contributed by atoms with Crippen LogP contribution in [0.5, 0.6) is 0 Å². The zero-order valence-corrected chi connectivity index (χ0v) is 19.7. The Labute approximate surface area is 182 Å². The van der Waals surface area contributed by atoms with E-state index >= 15 is 0 Å². The lowest BCUT2D eigenvalue weighted by atomic mass is 9.78. The molecule has 0 fully saturated rings. The number of nitrogens with zero attached hydrogens (tertiary/aromatic N) is 2. The smallest absolute Gasteiger partial charge is 0.272 e. The van der Waals surface area contributed by atoms with E-state index in [-0.39, 0.29) is 11.4 Å². The number of benzene rings is 2. The largest absolute Gasteiger partial charge is 0.364 e. The van der Waals surface area contributed by atoms with E-state index < -0.39 is 0 Å². The van der Waals surface area contributed by atoms with Crippen LogP contribution in [0.3, 0.4) is 0 Å². The van der Waals surface area contributed by atoms with Crippen LogP contribution >= 0.6 is 15.9 Å². The van der Waals surface area contributed by atoms with Gasteiger partial charge in [-0.15, -0.1) is 0 Å². The number of amides is 1. The number of nitrogens with one attached hydrogen (secondary N) is 1. The van der Waals surface area contributed by atoms with Crippen molar-refractivity contribution in [2.24, 2.45) is 5.10 Å². The van der Waals surface area contributed by atoms with E-state index in [4.69, 9.17) is 0 Å². The molecule has 1 aliphatic rings. The van der Waals surface area contributed by atoms with Gasteiger partial charge >= 0.3 is 0 Å². The first-order chi connectivity index (χ1) is 13.6. The van der Waals surface area contributed by atoms with Gasteiger partial charge in [0.05, 0.1) is 11.8 Å². The van der Waals surface area contributed by atoms with Crippen LogP contribution in [0.4, 0.5) is 5.69 Å². The minimum absolute atomic E-state index is 0.125. The molecule has 0 unspecified atom stereocenters. The SMILES string of the molecule is Cc1cc2c(cc1/C=N\NC(=O)c1ccccc1Br)[C@@H](C)CC(C)(C)N2C(C)C. The van der Waals surface area contributed by atoms with Crippen molar-refractivity contribution in [3.05, 3.63) is 63.1 Å². The lowest BCUT2D eigenvalue weighted by Gasteiger charge is -2.50. The van der Waals surface area contributed by atoms with E-state index in [0.29, 0.717) is 17.5 Å². The van der Waals surface area contributed by atoms with Crippen molar-refractivity contribution in [2.45, 2.75) is 65.5 Å². The molecule has 4 nitrogen and oxygen atoms in total. The molecule has 1 aliphatic heterocycles. The average molecular weight is 456 g/mol. The van der Waals surface area contributed by atoms with E-state index in [0.717, 1.165) is 22.0 Å². The third kappa shape index (κ3) is 4.40. The van der Waals surface area contributed by atoms with Gasteiger partial charge in [-0.2, -0.15) is 5.10 Å². The first-order valence-corrected chi connectivity index (χ1v) is 10.9. The number of halogens is 1. The van der Waals surface area contributed by atoms with Crippen LogP contribution in [0, 0.1) is 6.92 Å². The standard InChI is InChI=1S/C24H30BrN3O/c1-15(2)28-22-11-16(3)18(12-20(22)17(4)13-24(28,5)6)14-26-27-23(29)19-9-7-8-10-21(19)25/h7-12,14-15,17H,13H2,1-6H3,(H,27,29)/b26-14-/t17-/m0/s1. The van der Waals surface area contributed by atoms with Crippen molar-refractivity contribution in [3.63, 3.8) is 0 Å². The average Bonchev–Trinajstić information content (AvgIpc) is 2.61. The molecule has 0 spiro atoms. The first-order valence-electron chi connectivity index (χ1n) is 10.1. The Balaban J connectivity index is 1.87. The normalized spacial score (nSPS) is 18.2. The molecule has 0 aromatic heterocycles. The molecule has 3 rings (SSSR count). The van der Waals surface area contributed by atoms with Gasteiger partial charge < -0.3 is 4.90 Å². The van der Waals surface area contributed by atoms with Crippen molar-refractivity contribution in [1.29, 1.82) is 0 Å². The van der Waals surface area contributed by atoms with Gasteiger partial charge in [-0.05, 0) is 104 Å². The Bertz CT molecular complexity index is 949. The molecule has 1 amide bonds. The Morgan fingerprint density at radius 3 is 2.66 bits per heavy atom. The van der Waals surface area contributed by atoms with Gasteiger partial charge in [0.15, 0.2) is 0 Å². The number of anilines is 1. The maximum absolute atomic E-state index is 12.4. The molecule has 0 radical (unpaired) electrons. The van der Waals surface area contributed by atoms with Crippen molar-refractivity contribution < 1.29 is 4.79 Å². The molecule has 1 atom stereocenters. The third-order valence-electron chi connectivity index (χ3n) is 5.67. The molecule has 29 heavy (non-hydrogen) atoms. The number of hydrogen-bond acceptors (Lipinski definition) is 3. The molecule has 5 heteroatoms. The summed E-state index contributed by atoms with van der Waals surface area (Å²) in [6.45, 7) is 13.6. The van der Waals surface area contributed by atoms with E-state index in [1.165, 1.54) is 11.3 Å². The van der Waals surface area contributed by atoms with Crippen LogP contribution in [0.2, 0.25) is 0 Å². The minimum Gasteiger partial charge on any atom is -0.364 e. The van der Waals surface area contributed by atoms with E-state index in [9.17, 15) is 4.79 Å². The monoisotopic (exact) mass is 455 g/mol. The molecule has 2 aromatic rings. The molecule has 1 N–H and O–H groups in total. The highest BCUT2D eigenvalue weighted by Crippen LogP contribution is 2.45. The molecule has 0 saturated heterocycles. The Morgan fingerprint density at radius 2 is 2.00 bits per heavy atom. The Kier molecular flexibility index (Phi) is 6.18. The summed E-state index contributed by atoms with van der Waals surface area (Å²) < 4.78 is 0.753. The molecule has 1 heterocycles. The molecule has 154 valence electrons. The highest BCUT2D eigenvalue weighted by Gasteiger charge is 2.37. The number of carbonyl (C=O) groups excluding carboxylic acids is 1. The van der Waals surface area contributed by atoms with Crippen molar-refractivity contribution in [2.75, 3.05) is 4.90 Å². The number of hydrazone groups is 1. The van der Waals surface area contributed by atoms with Crippen LogP contribution in [-0.2, 0) is 0 Å². The third-order valence-corrected chi connectivity index (χ3v) is 6.36. The number of carbonyl (C=O) groups is 1. The summed E-state index contributed by atoms with van der Waals surface area (Å²) in [5, 5.41) is 4.22. The number of fused-ring (bicyclic) bond motifs is 1. The summed E-state index contributed by atoms with van der Waals surface area (Å²) >= 11 is 3.40. The highest BCUT2D eigenvalue weighted by molar-refractivity contribution is 9.10. The zero-order chi connectivity index (χ0) is 21.3. The van der Waals surface area contributed by atoms with Crippen LogP contribution in [0.15, 0.2) is 46.0 Å². The number of rotatable bonds is 4. The minimum atomic E-state index is -0.231. The predicted octanol–water partition coefficient (Wildman–Crippen LogP) is 6.02. The molecule has 0 saturated carbocycles. The lowest BCUT2D eigenvalue weighted by Crippen LogP contribution is -2.51. The summed E-state index contributed by atoms with van der Waals surface area (Å²) in [5.41, 5.74) is 8.18. The molecular weight excluding hydrogens is 426 g/mol. The van der Waals surface area contributed by atoms with Crippen molar-refractivity contribution >= 4 is 33.7 Å². The van der Waals surface area contributed by atoms with E-state index in [2.05, 4.69) is 85.0 Å². The molecule has 2 aromatic carbocycles. The maximum Gasteiger partial charge on any atom is 0.272 e. The van der Waals surface area contributed by atoms with Gasteiger partial charge in [0.2, 0.25) is 0 Å². The van der Waals surface area contributed by atoms with Gasteiger partial charge in [-0.3, -0.25) is 4.79 Å². The first kappa shape index (κ1) is 21.6. The topological polar surface area (TPSA) is 44.7 Å². The second-order valence-corrected chi connectivity index (χ2v) is 9.68. The van der Waals surface area contributed by atoms with Crippen molar-refractivity contribution in [3.8, 4) is 0 Å². The summed E-state index contributed by atoms with van der Waals surface area (Å²) in [6.07, 6.45) is 2.85. The van der Waals surface area contributed by atoms with E-state index in [1.807, 2.05) is 18.2 Å². The van der Waals surface area contributed by atoms with Gasteiger partial charge in [-0.1, -0.05) is 19.1 Å². The van der Waals surface area contributed by atoms with Gasteiger partial charge in [0, 0.05) is 21.7 Å². The van der Waals surface area contributed by atoms with Gasteiger partial charge in [0.25, 0.3) is 5.91 Å². The molecule has 0 aliphatic carbocycles. The quantitative estimate of drug-likeness (QED) is 0.452. The Morgan fingerprint density at radius 1 is 1.31 bits per heavy atom. The molecular formula is C24H30BrN3O. The summed E-state index contributed by atoms with van der Waals surface area (Å²) in [5.74, 6) is 0.239. The zero-order valence-electron chi connectivity index (χ0n) is 18.1. The fourth-order valence-electron chi connectivity index (χ4n) is 4.60. The molecule has 0 bridgehead atoms. The summed E-state index contributed by atoms with van der Waals surface area (Å²) in [7, 11) is 0. The maximum atomic E-state index is 12.4. The summed E-state index contributed by atoms with van der Waals surface area (Å²) in [6, 6.07) is 12.2. The summed E-state index contributed by atoms with van der Waals surface area (Å²) in [4.78, 5) is 14.9. The second-order valence-electron chi connectivity index (χ2n) is 8.83. The lowest BCUT2D eigenvalue weighted by molar-refractivity contribution is 0.0954.